The van der Waals surface area contributed by atoms with Gasteiger partial charge in [-0.05, 0) is 65.3 Å². The maximum absolute atomic E-state index is 12.6. The molecule has 3 rings (SSSR count). The summed E-state index contributed by atoms with van der Waals surface area (Å²) in [6.07, 6.45) is 0. The molecule has 2 N–H and O–H groups in total. The summed E-state index contributed by atoms with van der Waals surface area (Å²) in [5.74, 6) is 0.0579. The van der Waals surface area contributed by atoms with Crippen LogP contribution >= 0.6 is 15.9 Å². The Kier molecular flexibility index (Phi) is 5.93. The van der Waals surface area contributed by atoms with Crippen molar-refractivity contribution in [2.45, 2.75) is 6.92 Å². The van der Waals surface area contributed by atoms with Crippen molar-refractivity contribution in [3.63, 3.8) is 0 Å². The summed E-state index contributed by atoms with van der Waals surface area (Å²) in [5.41, 5.74) is 1.47. The van der Waals surface area contributed by atoms with Crippen LogP contribution in [0.5, 0.6) is 5.75 Å². The molecule has 6 nitrogen and oxygen atoms in total. The number of amides is 2. The van der Waals surface area contributed by atoms with E-state index in [1.54, 1.807) is 48.5 Å². The van der Waals surface area contributed by atoms with E-state index in [0.29, 0.717) is 34.0 Å². The highest BCUT2D eigenvalue weighted by Crippen LogP contribution is 2.24. The van der Waals surface area contributed by atoms with Crippen LogP contribution in [0.4, 0.5) is 11.4 Å². The van der Waals surface area contributed by atoms with Gasteiger partial charge in [-0.25, -0.2) is 0 Å². The molecule has 0 atom stereocenters. The minimum atomic E-state index is -0.403. The number of nitrogens with one attached hydrogen (secondary N) is 2. The number of furan rings is 1. The molecule has 3 aromatic rings. The van der Waals surface area contributed by atoms with Crippen LogP contribution in [0, 0.1) is 0 Å². The highest BCUT2D eigenvalue weighted by atomic mass is 79.9. The van der Waals surface area contributed by atoms with Gasteiger partial charge in [0.25, 0.3) is 11.8 Å². The van der Waals surface area contributed by atoms with Crippen molar-refractivity contribution in [3.8, 4) is 5.75 Å². The highest BCUT2D eigenvalue weighted by Gasteiger charge is 2.13. The van der Waals surface area contributed by atoms with Gasteiger partial charge in [0.1, 0.15) is 5.75 Å². The molecule has 2 amide bonds. The third-order valence-electron chi connectivity index (χ3n) is 3.61. The quantitative estimate of drug-likeness (QED) is 0.582. The number of ether oxygens (including phenoxy) is 1. The predicted octanol–water partition coefficient (Wildman–Crippen LogP) is 4.95. The lowest BCUT2D eigenvalue weighted by Gasteiger charge is -2.12. The van der Waals surface area contributed by atoms with Crippen molar-refractivity contribution >= 4 is 39.1 Å². The molecule has 1 heterocycles. The van der Waals surface area contributed by atoms with Gasteiger partial charge in [-0.2, -0.15) is 0 Å². The minimum absolute atomic E-state index is 0.169. The van der Waals surface area contributed by atoms with Crippen molar-refractivity contribution < 1.29 is 18.7 Å². The summed E-state index contributed by atoms with van der Waals surface area (Å²) in [4.78, 5) is 24.8. The second-order valence-electron chi connectivity index (χ2n) is 5.52. The van der Waals surface area contributed by atoms with E-state index in [1.165, 1.54) is 0 Å². The van der Waals surface area contributed by atoms with Gasteiger partial charge in [-0.3, -0.25) is 9.59 Å². The first kappa shape index (κ1) is 18.7. The molecular formula is C20H17BrN2O4. The lowest BCUT2D eigenvalue weighted by atomic mass is 10.1. The lowest BCUT2D eigenvalue weighted by molar-refractivity contribution is 0.0992. The Labute approximate surface area is 164 Å². The average Bonchev–Trinajstić information content (AvgIpc) is 3.10. The minimum Gasteiger partial charge on any atom is -0.492 e. The van der Waals surface area contributed by atoms with E-state index in [4.69, 9.17) is 9.15 Å². The van der Waals surface area contributed by atoms with Gasteiger partial charge in [0, 0.05) is 11.3 Å². The Bertz CT molecular complexity index is 968. The number of rotatable bonds is 6. The number of hydrogen-bond acceptors (Lipinski definition) is 4. The van der Waals surface area contributed by atoms with Crippen molar-refractivity contribution in [2.75, 3.05) is 17.2 Å². The molecule has 7 heteroatoms. The second kappa shape index (κ2) is 8.55. The third kappa shape index (κ3) is 4.77. The fourth-order valence-electron chi connectivity index (χ4n) is 2.41. The molecule has 0 aliphatic rings. The number of benzene rings is 2. The Morgan fingerprint density at radius 3 is 2.56 bits per heavy atom. The van der Waals surface area contributed by atoms with Crippen LogP contribution in [0.25, 0.3) is 0 Å². The zero-order valence-corrected chi connectivity index (χ0v) is 16.1. The molecule has 0 aliphatic heterocycles. The van der Waals surface area contributed by atoms with E-state index in [2.05, 4.69) is 26.6 Å². The monoisotopic (exact) mass is 428 g/mol. The van der Waals surface area contributed by atoms with Gasteiger partial charge in [-0.15, -0.1) is 0 Å². The van der Waals surface area contributed by atoms with Crippen LogP contribution in [-0.2, 0) is 0 Å². The standard InChI is InChI=1S/C20H17BrN2O4/c1-2-26-16-9-4-3-8-15(16)23-19(24)13-6-5-7-14(12-13)22-20(25)17-10-11-18(21)27-17/h3-12H,2H2,1H3,(H,22,25)(H,23,24). The van der Waals surface area contributed by atoms with E-state index in [1.807, 2.05) is 19.1 Å². The first-order valence-corrected chi connectivity index (χ1v) is 9.06. The molecule has 1 aromatic heterocycles. The van der Waals surface area contributed by atoms with Gasteiger partial charge in [0.15, 0.2) is 10.4 Å². The van der Waals surface area contributed by atoms with Gasteiger partial charge in [0.2, 0.25) is 0 Å². The van der Waals surface area contributed by atoms with Crippen LogP contribution in [0.15, 0.2) is 69.8 Å². The van der Waals surface area contributed by atoms with E-state index in [-0.39, 0.29) is 11.7 Å². The van der Waals surface area contributed by atoms with Crippen LogP contribution in [0.3, 0.4) is 0 Å². The molecule has 0 spiro atoms. The molecule has 0 unspecified atom stereocenters. The van der Waals surface area contributed by atoms with E-state index >= 15 is 0 Å². The Balaban J connectivity index is 1.73. The predicted molar refractivity (Wildman–Crippen MR) is 106 cm³/mol. The number of carbonyl (C=O) groups excluding carboxylic acids is 2. The molecule has 0 radical (unpaired) electrons. The molecule has 138 valence electrons. The highest BCUT2D eigenvalue weighted by molar-refractivity contribution is 9.10. The first-order valence-electron chi connectivity index (χ1n) is 8.26. The summed E-state index contributed by atoms with van der Waals surface area (Å²) < 4.78 is 11.2. The Morgan fingerprint density at radius 1 is 1.00 bits per heavy atom. The van der Waals surface area contributed by atoms with Crippen molar-refractivity contribution in [1.29, 1.82) is 0 Å². The van der Waals surface area contributed by atoms with Crippen LogP contribution < -0.4 is 15.4 Å². The Hall–Kier alpha value is -3.06. The van der Waals surface area contributed by atoms with E-state index < -0.39 is 5.91 Å². The summed E-state index contributed by atoms with van der Waals surface area (Å²) in [6, 6.07) is 17.0. The van der Waals surface area contributed by atoms with Gasteiger partial charge >= 0.3 is 0 Å². The Morgan fingerprint density at radius 2 is 1.81 bits per heavy atom. The second-order valence-corrected chi connectivity index (χ2v) is 6.30. The van der Waals surface area contributed by atoms with Crippen LogP contribution in [-0.4, -0.2) is 18.4 Å². The summed E-state index contributed by atoms with van der Waals surface area (Å²) in [5, 5.41) is 5.53. The first-order chi connectivity index (χ1) is 13.1. The fourth-order valence-corrected chi connectivity index (χ4v) is 2.72. The van der Waals surface area contributed by atoms with E-state index in [9.17, 15) is 9.59 Å². The van der Waals surface area contributed by atoms with E-state index in [0.717, 1.165) is 0 Å². The number of carbonyl (C=O) groups is 2. The number of hydrogen-bond donors (Lipinski definition) is 2. The third-order valence-corrected chi connectivity index (χ3v) is 4.04. The molecular weight excluding hydrogens is 412 g/mol. The molecule has 2 aromatic carbocycles. The normalized spacial score (nSPS) is 10.3. The molecule has 0 aliphatic carbocycles. The molecule has 0 fully saturated rings. The van der Waals surface area contributed by atoms with Gasteiger partial charge in [-0.1, -0.05) is 18.2 Å². The fraction of sp³-hybridized carbons (Fsp3) is 0.100. The molecule has 0 bridgehead atoms. The smallest absolute Gasteiger partial charge is 0.291 e. The maximum atomic E-state index is 12.6. The summed E-state index contributed by atoms with van der Waals surface area (Å²) in [7, 11) is 0. The number of anilines is 2. The van der Waals surface area contributed by atoms with Crippen molar-refractivity contribution in [1.82, 2.24) is 0 Å². The van der Waals surface area contributed by atoms with Gasteiger partial charge < -0.3 is 19.8 Å². The number of halogens is 1. The zero-order chi connectivity index (χ0) is 19.2. The molecule has 0 saturated heterocycles. The average molecular weight is 429 g/mol. The molecule has 0 saturated carbocycles. The van der Waals surface area contributed by atoms with Gasteiger partial charge in [0.05, 0.1) is 12.3 Å². The topological polar surface area (TPSA) is 80.6 Å². The zero-order valence-electron chi connectivity index (χ0n) is 14.5. The lowest BCUT2D eigenvalue weighted by Crippen LogP contribution is -2.15. The van der Waals surface area contributed by atoms with Crippen LogP contribution in [0.1, 0.15) is 27.8 Å². The van der Waals surface area contributed by atoms with Crippen LogP contribution in [0.2, 0.25) is 0 Å². The van der Waals surface area contributed by atoms with Crippen molar-refractivity contribution in [3.05, 3.63) is 76.7 Å². The largest absolute Gasteiger partial charge is 0.492 e. The van der Waals surface area contributed by atoms with Crippen molar-refractivity contribution in [2.24, 2.45) is 0 Å². The summed E-state index contributed by atoms with van der Waals surface area (Å²) in [6.45, 7) is 2.37. The maximum Gasteiger partial charge on any atom is 0.291 e. The number of para-hydroxylation sites is 2. The molecule has 27 heavy (non-hydrogen) atoms. The SMILES string of the molecule is CCOc1ccccc1NC(=O)c1cccc(NC(=O)c2ccc(Br)o2)c1. The summed E-state index contributed by atoms with van der Waals surface area (Å²) >= 11 is 3.16.